The Morgan fingerprint density at radius 3 is 2.46 bits per heavy atom. The molecule has 1 aliphatic rings. The van der Waals surface area contributed by atoms with Gasteiger partial charge < -0.3 is 9.84 Å². The molecule has 13 heavy (non-hydrogen) atoms. The average molecular weight is 187 g/mol. The maximum absolute atomic E-state index is 11.2. The Hall–Kier alpha value is -0.610. The van der Waals surface area contributed by atoms with Crippen LogP contribution in [0.15, 0.2) is 0 Å². The molecule has 2 N–H and O–H groups in total. The summed E-state index contributed by atoms with van der Waals surface area (Å²) in [6.45, 7) is 7.11. The van der Waals surface area contributed by atoms with Crippen molar-refractivity contribution in [1.82, 2.24) is 5.32 Å². The van der Waals surface area contributed by atoms with E-state index in [1.807, 2.05) is 20.8 Å². The van der Waals surface area contributed by atoms with Gasteiger partial charge in [0.05, 0.1) is 13.2 Å². The zero-order chi connectivity index (χ0) is 10.1. The SMILES string of the molecule is CCNC1(C(=O)O)COCC1(C)C. The maximum Gasteiger partial charge on any atom is 0.326 e. The van der Waals surface area contributed by atoms with Crippen LogP contribution in [-0.4, -0.2) is 36.4 Å². The quantitative estimate of drug-likeness (QED) is 0.674. The fraction of sp³-hybridized carbons (Fsp3) is 0.889. The third kappa shape index (κ3) is 1.44. The molecule has 0 aliphatic carbocycles. The molecule has 0 saturated carbocycles. The van der Waals surface area contributed by atoms with Gasteiger partial charge in [-0.1, -0.05) is 20.8 Å². The summed E-state index contributed by atoms with van der Waals surface area (Å²) < 4.78 is 5.25. The Bertz CT molecular complexity index is 215. The van der Waals surface area contributed by atoms with Crippen LogP contribution in [0.25, 0.3) is 0 Å². The highest BCUT2D eigenvalue weighted by Crippen LogP contribution is 2.37. The van der Waals surface area contributed by atoms with Crippen LogP contribution < -0.4 is 5.32 Å². The molecule has 1 unspecified atom stereocenters. The summed E-state index contributed by atoms with van der Waals surface area (Å²) >= 11 is 0. The minimum absolute atomic E-state index is 0.253. The van der Waals surface area contributed by atoms with Crippen LogP contribution in [0.5, 0.6) is 0 Å². The van der Waals surface area contributed by atoms with Crippen molar-refractivity contribution in [1.29, 1.82) is 0 Å². The average Bonchev–Trinajstić information content (AvgIpc) is 2.28. The van der Waals surface area contributed by atoms with Crippen molar-refractivity contribution >= 4 is 5.97 Å². The molecule has 0 bridgehead atoms. The van der Waals surface area contributed by atoms with Crippen LogP contribution in [0.4, 0.5) is 0 Å². The predicted octanol–water partition coefficient (Wildman–Crippen LogP) is 0.476. The number of likely N-dealkylation sites (N-methyl/N-ethyl adjacent to an activating group) is 1. The highest BCUT2D eigenvalue weighted by molar-refractivity contribution is 5.80. The normalized spacial score (nSPS) is 31.9. The van der Waals surface area contributed by atoms with E-state index < -0.39 is 11.5 Å². The molecule has 0 amide bonds. The van der Waals surface area contributed by atoms with Crippen molar-refractivity contribution in [3.05, 3.63) is 0 Å². The molecule has 0 aromatic heterocycles. The molecular weight excluding hydrogens is 170 g/mol. The third-order valence-electron chi connectivity index (χ3n) is 2.78. The van der Waals surface area contributed by atoms with Gasteiger partial charge in [0.1, 0.15) is 5.54 Å². The van der Waals surface area contributed by atoms with E-state index in [2.05, 4.69) is 5.32 Å². The number of hydrogen-bond donors (Lipinski definition) is 2. The van der Waals surface area contributed by atoms with Gasteiger partial charge >= 0.3 is 5.97 Å². The lowest BCUT2D eigenvalue weighted by Crippen LogP contribution is -2.61. The molecule has 1 heterocycles. The molecule has 0 aromatic rings. The van der Waals surface area contributed by atoms with E-state index >= 15 is 0 Å². The van der Waals surface area contributed by atoms with Gasteiger partial charge in [-0.05, 0) is 6.54 Å². The molecule has 1 aliphatic heterocycles. The van der Waals surface area contributed by atoms with Gasteiger partial charge in [-0.15, -0.1) is 0 Å². The van der Waals surface area contributed by atoms with Gasteiger partial charge in [0.25, 0.3) is 0 Å². The van der Waals surface area contributed by atoms with Crippen LogP contribution in [0.1, 0.15) is 20.8 Å². The standard InChI is InChI=1S/C9H17NO3/c1-4-10-9(7(11)12)6-13-5-8(9,2)3/h10H,4-6H2,1-3H3,(H,11,12). The molecule has 0 radical (unpaired) electrons. The predicted molar refractivity (Wildman–Crippen MR) is 48.6 cm³/mol. The lowest BCUT2D eigenvalue weighted by atomic mass is 9.75. The number of rotatable bonds is 3. The first-order valence-corrected chi connectivity index (χ1v) is 4.52. The Morgan fingerprint density at radius 1 is 1.54 bits per heavy atom. The second kappa shape index (κ2) is 3.27. The molecule has 4 heteroatoms. The number of carbonyl (C=O) groups is 1. The van der Waals surface area contributed by atoms with Crippen LogP contribution in [-0.2, 0) is 9.53 Å². The Morgan fingerprint density at radius 2 is 2.15 bits per heavy atom. The van der Waals surface area contributed by atoms with Crippen molar-refractivity contribution in [3.63, 3.8) is 0 Å². The minimum atomic E-state index is -0.915. The van der Waals surface area contributed by atoms with E-state index in [1.165, 1.54) is 0 Å². The van der Waals surface area contributed by atoms with E-state index in [0.29, 0.717) is 13.2 Å². The van der Waals surface area contributed by atoms with Gasteiger partial charge in [0.15, 0.2) is 0 Å². The molecule has 1 atom stereocenters. The third-order valence-corrected chi connectivity index (χ3v) is 2.78. The largest absolute Gasteiger partial charge is 0.480 e. The fourth-order valence-corrected chi connectivity index (χ4v) is 1.80. The number of hydrogen-bond acceptors (Lipinski definition) is 3. The molecule has 1 rings (SSSR count). The number of aliphatic carboxylic acids is 1. The number of carboxylic acids is 1. The van der Waals surface area contributed by atoms with Crippen molar-refractivity contribution < 1.29 is 14.6 Å². The minimum Gasteiger partial charge on any atom is -0.480 e. The summed E-state index contributed by atoms with van der Waals surface area (Å²) in [6.07, 6.45) is 0. The van der Waals surface area contributed by atoms with Crippen LogP contribution >= 0.6 is 0 Å². The molecule has 1 fully saturated rings. The van der Waals surface area contributed by atoms with Gasteiger partial charge in [-0.2, -0.15) is 0 Å². The smallest absolute Gasteiger partial charge is 0.326 e. The summed E-state index contributed by atoms with van der Waals surface area (Å²) in [7, 11) is 0. The summed E-state index contributed by atoms with van der Waals surface area (Å²) in [5.41, 5.74) is -1.27. The van der Waals surface area contributed by atoms with Crippen molar-refractivity contribution in [3.8, 4) is 0 Å². The van der Waals surface area contributed by atoms with Crippen LogP contribution in [0.2, 0.25) is 0 Å². The van der Waals surface area contributed by atoms with Crippen LogP contribution in [0.3, 0.4) is 0 Å². The second-order valence-electron chi connectivity index (χ2n) is 4.12. The molecule has 4 nitrogen and oxygen atoms in total. The topological polar surface area (TPSA) is 58.6 Å². The van der Waals surface area contributed by atoms with Gasteiger partial charge in [-0.3, -0.25) is 10.1 Å². The van der Waals surface area contributed by atoms with E-state index in [-0.39, 0.29) is 12.0 Å². The molecular formula is C9H17NO3. The highest BCUT2D eigenvalue weighted by Gasteiger charge is 2.55. The summed E-state index contributed by atoms with van der Waals surface area (Å²) in [5.74, 6) is -0.822. The molecule has 1 saturated heterocycles. The first-order chi connectivity index (χ1) is 5.96. The van der Waals surface area contributed by atoms with Crippen molar-refractivity contribution in [2.45, 2.75) is 26.3 Å². The number of nitrogens with one attached hydrogen (secondary N) is 1. The van der Waals surface area contributed by atoms with Crippen LogP contribution in [0, 0.1) is 5.41 Å². The van der Waals surface area contributed by atoms with E-state index in [4.69, 9.17) is 4.74 Å². The van der Waals surface area contributed by atoms with E-state index in [9.17, 15) is 9.90 Å². The van der Waals surface area contributed by atoms with Crippen molar-refractivity contribution in [2.75, 3.05) is 19.8 Å². The highest BCUT2D eigenvalue weighted by atomic mass is 16.5. The summed E-state index contributed by atoms with van der Waals surface area (Å²) in [4.78, 5) is 11.2. The van der Waals surface area contributed by atoms with Gasteiger partial charge in [0.2, 0.25) is 0 Å². The Kier molecular flexibility index (Phi) is 2.63. The van der Waals surface area contributed by atoms with Gasteiger partial charge in [-0.25, -0.2) is 0 Å². The number of carboxylic acid groups (broad SMARTS) is 1. The monoisotopic (exact) mass is 187 g/mol. The van der Waals surface area contributed by atoms with E-state index in [0.717, 1.165) is 0 Å². The lowest BCUT2D eigenvalue weighted by molar-refractivity contribution is -0.148. The Labute approximate surface area is 78.3 Å². The second-order valence-corrected chi connectivity index (χ2v) is 4.12. The summed E-state index contributed by atoms with van der Waals surface area (Å²) in [5, 5.41) is 12.2. The molecule has 0 aromatic carbocycles. The molecule has 0 spiro atoms. The maximum atomic E-state index is 11.2. The molecule has 76 valence electrons. The van der Waals surface area contributed by atoms with Gasteiger partial charge in [0, 0.05) is 5.41 Å². The first-order valence-electron chi connectivity index (χ1n) is 4.52. The Balaban J connectivity index is 2.96. The lowest BCUT2D eigenvalue weighted by Gasteiger charge is -2.35. The number of ether oxygens (including phenoxy) is 1. The zero-order valence-electron chi connectivity index (χ0n) is 8.39. The van der Waals surface area contributed by atoms with Crippen molar-refractivity contribution in [2.24, 2.45) is 5.41 Å². The van der Waals surface area contributed by atoms with E-state index in [1.54, 1.807) is 0 Å². The fourth-order valence-electron chi connectivity index (χ4n) is 1.80. The first kappa shape index (κ1) is 10.5. The summed E-state index contributed by atoms with van der Waals surface area (Å²) in [6, 6.07) is 0. The zero-order valence-corrected chi connectivity index (χ0v) is 8.39.